The molecule has 0 amide bonds. The molecule has 6 nitrogen and oxygen atoms in total. The van der Waals surface area contributed by atoms with Gasteiger partial charge in [-0.2, -0.15) is 0 Å². The van der Waals surface area contributed by atoms with E-state index in [1.54, 1.807) is 12.1 Å². The van der Waals surface area contributed by atoms with E-state index in [1.807, 2.05) is 12.1 Å². The minimum Gasteiger partial charge on any atom is -0.298 e. The number of benzene rings is 2. The van der Waals surface area contributed by atoms with Gasteiger partial charge in [0.2, 0.25) is 0 Å². The molecular weight excluding hydrogens is 320 g/mol. The van der Waals surface area contributed by atoms with Crippen molar-refractivity contribution in [3.8, 4) is 0 Å². The monoisotopic (exact) mass is 338 g/mol. The molecule has 0 atom stereocenters. The molecule has 128 valence electrons. The molecule has 2 aromatic carbocycles. The summed E-state index contributed by atoms with van der Waals surface area (Å²) in [5.74, 6) is 0. The lowest BCUT2D eigenvalue weighted by Crippen LogP contribution is -2.32. The van der Waals surface area contributed by atoms with Crippen LogP contribution in [0.4, 0.5) is 5.69 Å². The van der Waals surface area contributed by atoms with Crippen molar-refractivity contribution in [2.75, 3.05) is 13.1 Å². The van der Waals surface area contributed by atoms with Gasteiger partial charge in [-0.1, -0.05) is 12.1 Å². The molecular formula is C19H18N2O4. The molecule has 0 spiro atoms. The predicted molar refractivity (Wildman–Crippen MR) is 93.0 cm³/mol. The summed E-state index contributed by atoms with van der Waals surface area (Å²) in [5, 5.41) is 10.7. The number of nitrogens with zero attached hydrogens (tertiary/aromatic N) is 2. The number of carbonyl (C=O) groups excluding carboxylic acids is 2. The Labute approximate surface area is 145 Å². The lowest BCUT2D eigenvalue weighted by molar-refractivity contribution is -0.384. The molecule has 0 saturated carbocycles. The van der Waals surface area contributed by atoms with Crippen LogP contribution in [0.3, 0.4) is 0 Å². The maximum Gasteiger partial charge on any atom is 0.269 e. The van der Waals surface area contributed by atoms with Gasteiger partial charge in [0.25, 0.3) is 5.69 Å². The summed E-state index contributed by atoms with van der Waals surface area (Å²) in [7, 11) is 0. The number of non-ortho nitro benzene ring substituents is 1. The lowest BCUT2D eigenvalue weighted by Gasteiger charge is -2.29. The highest BCUT2D eigenvalue weighted by atomic mass is 16.6. The van der Waals surface area contributed by atoms with Gasteiger partial charge in [0.1, 0.15) is 0 Å². The van der Waals surface area contributed by atoms with E-state index in [0.717, 1.165) is 61.7 Å². The first-order chi connectivity index (χ1) is 12.1. The van der Waals surface area contributed by atoms with Crippen molar-refractivity contribution in [3.63, 3.8) is 0 Å². The fourth-order valence-electron chi connectivity index (χ4n) is 3.17. The maximum atomic E-state index is 11.1. The fraction of sp³-hybridized carbons (Fsp3) is 0.263. The van der Waals surface area contributed by atoms with Gasteiger partial charge < -0.3 is 0 Å². The summed E-state index contributed by atoms with van der Waals surface area (Å²) in [6, 6.07) is 10.3. The quantitative estimate of drug-likeness (QED) is 0.460. The van der Waals surface area contributed by atoms with Crippen molar-refractivity contribution in [1.82, 2.24) is 4.90 Å². The largest absolute Gasteiger partial charge is 0.298 e. The molecule has 6 heteroatoms. The van der Waals surface area contributed by atoms with Gasteiger partial charge in [0.05, 0.1) is 4.92 Å². The second kappa shape index (κ2) is 7.36. The summed E-state index contributed by atoms with van der Waals surface area (Å²) < 4.78 is 0. The van der Waals surface area contributed by atoms with Gasteiger partial charge in [0.15, 0.2) is 12.6 Å². The van der Waals surface area contributed by atoms with Crippen molar-refractivity contribution < 1.29 is 14.5 Å². The van der Waals surface area contributed by atoms with Gasteiger partial charge in [0, 0.05) is 42.9 Å². The Hall–Kier alpha value is -2.86. The minimum absolute atomic E-state index is 0.100. The molecule has 0 fully saturated rings. The van der Waals surface area contributed by atoms with Crippen LogP contribution in [0.15, 0.2) is 36.4 Å². The first-order valence-corrected chi connectivity index (χ1v) is 8.12. The Morgan fingerprint density at radius 2 is 1.68 bits per heavy atom. The van der Waals surface area contributed by atoms with E-state index in [0.29, 0.717) is 11.1 Å². The third-order valence-corrected chi connectivity index (χ3v) is 4.61. The van der Waals surface area contributed by atoms with E-state index in [4.69, 9.17) is 0 Å². The number of nitro benzene ring substituents is 1. The molecule has 0 aromatic heterocycles. The van der Waals surface area contributed by atoms with Crippen LogP contribution in [-0.2, 0) is 19.4 Å². The van der Waals surface area contributed by atoms with Crippen LogP contribution in [0.2, 0.25) is 0 Å². The van der Waals surface area contributed by atoms with Gasteiger partial charge in [-0.25, -0.2) is 0 Å². The standard InChI is InChI=1S/C19H18N2O4/c22-12-17-9-15-6-8-20(11-16(15)10-18(17)13-23)7-5-14-1-3-19(4-2-14)21(24)25/h1-4,9-10,12-13H,5-8,11H2. The van der Waals surface area contributed by atoms with Crippen LogP contribution in [0.25, 0.3) is 0 Å². The molecule has 1 aliphatic heterocycles. The Morgan fingerprint density at radius 3 is 2.28 bits per heavy atom. The topological polar surface area (TPSA) is 80.5 Å². The van der Waals surface area contributed by atoms with E-state index >= 15 is 0 Å². The van der Waals surface area contributed by atoms with Crippen LogP contribution in [0, 0.1) is 10.1 Å². The summed E-state index contributed by atoms with van der Waals surface area (Å²) in [6.07, 6.45) is 3.10. The van der Waals surface area contributed by atoms with Crippen molar-refractivity contribution in [3.05, 3.63) is 74.3 Å². The number of rotatable bonds is 6. The number of aldehydes is 2. The first-order valence-electron chi connectivity index (χ1n) is 8.12. The molecule has 0 unspecified atom stereocenters. The summed E-state index contributed by atoms with van der Waals surface area (Å²) >= 11 is 0. The third-order valence-electron chi connectivity index (χ3n) is 4.61. The average Bonchev–Trinajstić information content (AvgIpc) is 2.65. The highest BCUT2D eigenvalue weighted by molar-refractivity contribution is 5.90. The fourth-order valence-corrected chi connectivity index (χ4v) is 3.17. The van der Waals surface area contributed by atoms with Crippen LogP contribution >= 0.6 is 0 Å². The van der Waals surface area contributed by atoms with E-state index in [9.17, 15) is 19.7 Å². The Bertz CT molecular complexity index is 815. The number of carbonyl (C=O) groups is 2. The van der Waals surface area contributed by atoms with Crippen molar-refractivity contribution in [1.29, 1.82) is 0 Å². The van der Waals surface area contributed by atoms with E-state index < -0.39 is 4.92 Å². The number of nitro groups is 1. The van der Waals surface area contributed by atoms with E-state index in [-0.39, 0.29) is 5.69 Å². The number of fused-ring (bicyclic) bond motifs is 1. The molecule has 0 aliphatic carbocycles. The third kappa shape index (κ3) is 3.80. The molecule has 1 heterocycles. The summed E-state index contributed by atoms with van der Waals surface area (Å²) in [6.45, 7) is 2.46. The molecule has 1 aliphatic rings. The molecule has 0 radical (unpaired) electrons. The first kappa shape index (κ1) is 17.0. The van der Waals surface area contributed by atoms with Crippen molar-refractivity contribution >= 4 is 18.3 Å². The molecule has 0 saturated heterocycles. The van der Waals surface area contributed by atoms with Gasteiger partial charge >= 0.3 is 0 Å². The number of hydrogen-bond donors (Lipinski definition) is 0. The van der Waals surface area contributed by atoms with Crippen LogP contribution < -0.4 is 0 Å². The smallest absolute Gasteiger partial charge is 0.269 e. The van der Waals surface area contributed by atoms with Crippen LogP contribution in [0.1, 0.15) is 37.4 Å². The molecule has 2 aromatic rings. The Kier molecular flexibility index (Phi) is 5.00. The van der Waals surface area contributed by atoms with Crippen molar-refractivity contribution in [2.45, 2.75) is 19.4 Å². The second-order valence-electron chi connectivity index (χ2n) is 6.19. The van der Waals surface area contributed by atoms with Gasteiger partial charge in [-0.3, -0.25) is 24.6 Å². The zero-order valence-electron chi connectivity index (χ0n) is 13.7. The lowest BCUT2D eigenvalue weighted by atomic mass is 9.94. The summed E-state index contributed by atoms with van der Waals surface area (Å²) in [4.78, 5) is 34.7. The van der Waals surface area contributed by atoms with Crippen LogP contribution in [0.5, 0.6) is 0 Å². The van der Waals surface area contributed by atoms with Crippen LogP contribution in [-0.4, -0.2) is 35.5 Å². The highest BCUT2D eigenvalue weighted by Gasteiger charge is 2.18. The zero-order chi connectivity index (χ0) is 17.8. The van der Waals surface area contributed by atoms with Gasteiger partial charge in [-0.05, 0) is 41.7 Å². The SMILES string of the molecule is O=Cc1cc2c(cc1C=O)CN(CCc1ccc([N+](=O)[O-])cc1)CC2. The molecule has 0 bridgehead atoms. The van der Waals surface area contributed by atoms with E-state index in [1.165, 1.54) is 12.1 Å². The highest BCUT2D eigenvalue weighted by Crippen LogP contribution is 2.22. The minimum atomic E-state index is -0.399. The Balaban J connectivity index is 1.65. The molecule has 3 rings (SSSR count). The predicted octanol–water partition coefficient (Wildman–Crippen LogP) is 2.82. The second-order valence-corrected chi connectivity index (χ2v) is 6.19. The zero-order valence-corrected chi connectivity index (χ0v) is 13.7. The maximum absolute atomic E-state index is 11.1. The molecule has 25 heavy (non-hydrogen) atoms. The summed E-state index contributed by atoms with van der Waals surface area (Å²) in [5.41, 5.74) is 4.25. The van der Waals surface area contributed by atoms with Crippen molar-refractivity contribution in [2.24, 2.45) is 0 Å². The average molecular weight is 338 g/mol. The number of hydrogen-bond acceptors (Lipinski definition) is 5. The Morgan fingerprint density at radius 1 is 1.04 bits per heavy atom. The van der Waals surface area contributed by atoms with Gasteiger partial charge in [-0.15, -0.1) is 0 Å². The van der Waals surface area contributed by atoms with E-state index in [2.05, 4.69) is 4.90 Å². The normalized spacial score (nSPS) is 13.9. The molecule has 0 N–H and O–H groups in total.